The normalized spacial score (nSPS) is 0.667. The molecule has 6 heteroatoms. The Labute approximate surface area is 110 Å². The maximum Gasteiger partial charge on any atom is 0 e. The van der Waals surface area contributed by atoms with E-state index in [1.165, 1.54) is 0 Å². The van der Waals surface area contributed by atoms with E-state index in [0.717, 1.165) is 16.5 Å². The summed E-state index contributed by atoms with van der Waals surface area (Å²) in [7, 11) is 0. The predicted molar refractivity (Wildman–Crippen MR) is 17.9 cm³/mol. The van der Waals surface area contributed by atoms with Gasteiger partial charge in [0.15, 0.2) is 0 Å². The molecule has 0 aromatic carbocycles. The molecule has 0 saturated heterocycles. The van der Waals surface area contributed by atoms with E-state index in [2.05, 4.69) is 0 Å². The van der Waals surface area contributed by atoms with Crippen LogP contribution in [0.4, 0.5) is 0 Å². The molecule has 0 heterocycles. The maximum atomic E-state index is 8.25. The zero-order chi connectivity index (χ0) is 2.00. The quantitative estimate of drug-likeness (QED) is 0.421. The molecular weight excluding hydrogens is 451 g/mol. The molecule has 0 rings (SSSR count). The van der Waals surface area contributed by atoms with Crippen LogP contribution in [0, 0.1) is 0 Å². The molecule has 8 radical (unpaired) electrons. The van der Waals surface area contributed by atoms with Crippen LogP contribution in [0.25, 0.3) is 0 Å². The average molecular weight is 451 g/mol. The van der Waals surface area contributed by atoms with Crippen LogP contribution in [-0.4, -0.2) is 62.1 Å². The van der Waals surface area contributed by atoms with Gasteiger partial charge in [-0.25, -0.2) is 0 Å². The van der Waals surface area contributed by atoms with Crippen LogP contribution in [0.15, 0.2) is 0 Å². The second-order valence-corrected chi connectivity index (χ2v) is 0. The summed E-state index contributed by atoms with van der Waals surface area (Å²) in [6, 6.07) is 0. The average Bonchev–Trinajstić information content (AvgIpc) is 1.00. The molecule has 0 spiro atoms. The van der Waals surface area contributed by atoms with E-state index in [-0.39, 0.29) is 92.4 Å². The molecule has 0 aromatic rings. The van der Waals surface area contributed by atoms with Gasteiger partial charge in [0.2, 0.25) is 0 Å². The number of hydrogen-bond acceptors (Lipinski definition) is 1. The van der Waals surface area contributed by atoms with E-state index in [4.69, 9.17) is 3.78 Å². The van der Waals surface area contributed by atoms with Crippen LogP contribution in [-0.2, 0) is 50.6 Å². The molecule has 1 nitrogen and oxygen atoms in total. The molecule has 6 heavy (non-hydrogen) atoms. The Morgan fingerprint density at radius 3 is 1.17 bits per heavy atom. The summed E-state index contributed by atoms with van der Waals surface area (Å²) in [4.78, 5) is 0. The Morgan fingerprint density at radius 1 is 1.17 bits per heavy atom. The van der Waals surface area contributed by atoms with Crippen molar-refractivity contribution in [2.45, 2.75) is 0 Å². The summed E-state index contributed by atoms with van der Waals surface area (Å²) in [5, 5.41) is 0. The summed E-state index contributed by atoms with van der Waals surface area (Å²) in [5.74, 6) is 0. The van der Waals surface area contributed by atoms with Gasteiger partial charge in [0.25, 0.3) is 0 Å². The van der Waals surface area contributed by atoms with Gasteiger partial charge in [-0.3, -0.25) is 0 Å². The molecule has 0 fully saturated rings. The Balaban J connectivity index is -0.000000000833. The fraction of sp³-hybridized carbons (Fsp3) is 0. The topological polar surface area (TPSA) is 17.1 Å². The summed E-state index contributed by atoms with van der Waals surface area (Å²) in [5.41, 5.74) is 0. The van der Waals surface area contributed by atoms with Gasteiger partial charge in [0.1, 0.15) is 0 Å². The van der Waals surface area contributed by atoms with Crippen LogP contribution in [0.3, 0.4) is 0 Å². The minimum absolute atomic E-state index is 0. The fourth-order valence-electron chi connectivity index (χ4n) is 0. The van der Waals surface area contributed by atoms with Gasteiger partial charge < -0.3 is 0 Å². The fourth-order valence-corrected chi connectivity index (χ4v) is 0. The Bertz CT molecular complexity index is 15.5. The van der Waals surface area contributed by atoms with E-state index < -0.39 is 0 Å². The van der Waals surface area contributed by atoms with Crippen LogP contribution in [0.2, 0.25) is 0 Å². The second-order valence-electron chi connectivity index (χ2n) is 0. The standard InChI is InChI=1S/Cd.Ga.GeO.In.Zn/c;;1-2;;. The van der Waals surface area contributed by atoms with Gasteiger partial charge in [-0.05, 0) is 0 Å². The van der Waals surface area contributed by atoms with Crippen molar-refractivity contribution in [2.75, 3.05) is 0 Å². The van der Waals surface area contributed by atoms with Gasteiger partial charge in [0.05, 0.1) is 0 Å². The minimum atomic E-state index is 0. The summed E-state index contributed by atoms with van der Waals surface area (Å²) >= 11 is 0.750. The predicted octanol–water partition coefficient (Wildman–Crippen LogP) is -1.27. The van der Waals surface area contributed by atoms with E-state index in [0.29, 0.717) is 0 Å². The maximum absolute atomic E-state index is 8.25. The van der Waals surface area contributed by atoms with Crippen molar-refractivity contribution >= 4 is 62.1 Å². The SMILES string of the molecule is [Cd].[Ga].[In].[O]=[Ge].[Zn]. The second kappa shape index (κ2) is 39.8. The van der Waals surface area contributed by atoms with Crippen LogP contribution in [0.5, 0.6) is 0 Å². The monoisotopic (exact) mass is 452 g/mol. The van der Waals surface area contributed by atoms with Crippen molar-refractivity contribution < 1.29 is 50.6 Å². The van der Waals surface area contributed by atoms with E-state index in [1.807, 2.05) is 0 Å². The molecule has 0 amide bonds. The zero-order valence-corrected chi connectivity index (χ0v) is 18.3. The zero-order valence-electron chi connectivity index (χ0n) is 3.48. The first kappa shape index (κ1) is 34.3. The van der Waals surface area contributed by atoms with Crippen molar-refractivity contribution in [1.82, 2.24) is 0 Å². The first-order valence-corrected chi connectivity index (χ1v) is 1.06. The molecular formula is CdGaGeInOZn. The number of hydrogen-bond donors (Lipinski definition) is 0. The van der Waals surface area contributed by atoms with Gasteiger partial charge in [-0.1, -0.05) is 0 Å². The van der Waals surface area contributed by atoms with Gasteiger partial charge >= 0.3 is 20.2 Å². The minimum Gasteiger partial charge on any atom is 0 e. The summed E-state index contributed by atoms with van der Waals surface area (Å²) in [6.45, 7) is 0. The first-order chi connectivity index (χ1) is 1.00. The van der Waals surface area contributed by atoms with Crippen LogP contribution >= 0.6 is 0 Å². The molecule has 0 saturated carbocycles. The van der Waals surface area contributed by atoms with Crippen molar-refractivity contribution in [1.29, 1.82) is 0 Å². The summed E-state index contributed by atoms with van der Waals surface area (Å²) in [6.07, 6.45) is 0. The molecule has 0 aliphatic carbocycles. The molecule has 0 N–H and O–H groups in total. The van der Waals surface area contributed by atoms with Crippen molar-refractivity contribution in [3.63, 3.8) is 0 Å². The molecule has 20 valence electrons. The summed E-state index contributed by atoms with van der Waals surface area (Å²) < 4.78 is 8.25. The molecule has 0 atom stereocenters. The van der Waals surface area contributed by atoms with E-state index in [9.17, 15) is 0 Å². The van der Waals surface area contributed by atoms with Crippen molar-refractivity contribution in [3.05, 3.63) is 0 Å². The third-order valence-electron chi connectivity index (χ3n) is 0. The third-order valence-corrected chi connectivity index (χ3v) is 0. The van der Waals surface area contributed by atoms with E-state index in [1.54, 1.807) is 0 Å². The van der Waals surface area contributed by atoms with E-state index >= 15 is 0 Å². The van der Waals surface area contributed by atoms with Crippen LogP contribution in [0.1, 0.15) is 0 Å². The molecule has 0 bridgehead atoms. The Kier molecular flexibility index (Phi) is 228. The van der Waals surface area contributed by atoms with Crippen molar-refractivity contribution in [3.8, 4) is 0 Å². The Hall–Kier alpha value is 3.39. The van der Waals surface area contributed by atoms with Crippen LogP contribution < -0.4 is 0 Å². The van der Waals surface area contributed by atoms with Gasteiger partial charge in [-0.15, -0.1) is 0 Å². The van der Waals surface area contributed by atoms with Crippen molar-refractivity contribution in [2.24, 2.45) is 0 Å². The molecule has 0 unspecified atom stereocenters. The van der Waals surface area contributed by atoms with Gasteiger partial charge in [0, 0.05) is 92.4 Å². The smallest absolute Gasteiger partial charge is 0 e. The largest absolute Gasteiger partial charge is 0 e. The van der Waals surface area contributed by atoms with Gasteiger partial charge in [-0.2, -0.15) is 0 Å². The third kappa shape index (κ3) is 26.2. The number of rotatable bonds is 0. The Morgan fingerprint density at radius 2 is 1.17 bits per heavy atom. The molecule has 0 aromatic heterocycles. The molecule has 0 aliphatic rings. The molecule has 0 aliphatic heterocycles. The first-order valence-electron chi connectivity index (χ1n) is 0.204.